The van der Waals surface area contributed by atoms with Gasteiger partial charge in [-0.1, -0.05) is 45.0 Å². The van der Waals surface area contributed by atoms with Crippen molar-refractivity contribution in [1.82, 2.24) is 0 Å². The van der Waals surface area contributed by atoms with Crippen molar-refractivity contribution in [3.8, 4) is 5.75 Å². The molecule has 1 aromatic carbocycles. The number of rotatable bonds is 12. The van der Waals surface area contributed by atoms with Gasteiger partial charge in [-0.3, -0.25) is 4.79 Å². The fraction of sp³-hybridized carbons (Fsp3) is 0.607. The number of allylic oxidation sites excluding steroid dienone is 2. The summed E-state index contributed by atoms with van der Waals surface area (Å²) in [7, 11) is -2.08. The lowest BCUT2D eigenvalue weighted by Crippen LogP contribution is -2.45. The molecule has 1 saturated carbocycles. The van der Waals surface area contributed by atoms with Crippen LogP contribution in [-0.2, 0) is 18.7 Å². The molecule has 7 nitrogen and oxygen atoms in total. The van der Waals surface area contributed by atoms with E-state index in [0.717, 1.165) is 5.75 Å². The van der Waals surface area contributed by atoms with E-state index in [4.69, 9.17) is 18.6 Å². The Bertz CT molecular complexity index is 893. The van der Waals surface area contributed by atoms with Crippen LogP contribution in [0.15, 0.2) is 54.8 Å². The summed E-state index contributed by atoms with van der Waals surface area (Å²) in [5.74, 6) is -0.653. The molecule has 1 heterocycles. The molecule has 1 aliphatic heterocycles. The third-order valence-electron chi connectivity index (χ3n) is 7.65. The first-order valence-electron chi connectivity index (χ1n) is 12.9. The highest BCUT2D eigenvalue weighted by Gasteiger charge is 2.45. The molecule has 1 unspecified atom stereocenters. The molecule has 8 heteroatoms. The molecule has 1 fully saturated rings. The summed E-state index contributed by atoms with van der Waals surface area (Å²) in [6.07, 6.45) is 6.88. The van der Waals surface area contributed by atoms with Crippen LogP contribution in [0, 0.1) is 11.8 Å². The van der Waals surface area contributed by atoms with Gasteiger partial charge >= 0.3 is 5.97 Å². The molecule has 3 rings (SSSR count). The molecule has 2 N–H and O–H groups in total. The molecule has 0 bridgehead atoms. The van der Waals surface area contributed by atoms with Crippen LogP contribution in [0.5, 0.6) is 5.75 Å². The van der Waals surface area contributed by atoms with E-state index < -0.39 is 26.7 Å². The number of carbonyl (C=O) groups is 1. The van der Waals surface area contributed by atoms with Gasteiger partial charge in [0, 0.05) is 12.3 Å². The molecular formula is C28H42O7Si. The van der Waals surface area contributed by atoms with Gasteiger partial charge in [-0.15, -0.1) is 0 Å². The molecule has 200 valence electrons. The van der Waals surface area contributed by atoms with Crippen molar-refractivity contribution in [2.75, 3.05) is 6.61 Å². The highest BCUT2D eigenvalue weighted by atomic mass is 28.4. The molecule has 36 heavy (non-hydrogen) atoms. The van der Waals surface area contributed by atoms with E-state index in [-0.39, 0.29) is 35.5 Å². The van der Waals surface area contributed by atoms with Crippen molar-refractivity contribution < 1.29 is 33.6 Å². The minimum atomic E-state index is -2.08. The van der Waals surface area contributed by atoms with Gasteiger partial charge in [0.25, 0.3) is 0 Å². The zero-order valence-electron chi connectivity index (χ0n) is 22.1. The standard InChI is InChI=1S/C28H42O7Si/c1-28(2,3)36(4,5)35-21(19-33-20-11-7-6-8-12-20)14-15-22-23(17-26(30)31)24(29)18-25(22)34-27-13-9-10-16-32-27/h6-13,16,21-25,27,29H,14-15,17-19H2,1-5H3,(H,30,31)/t21-,22-,23?,24+,25-,27-/m1/s1. The number of para-hydroxylation sites is 1. The van der Waals surface area contributed by atoms with E-state index in [1.807, 2.05) is 42.5 Å². The minimum absolute atomic E-state index is 0.0389. The predicted octanol–water partition coefficient (Wildman–Crippen LogP) is 5.52. The first kappa shape index (κ1) is 28.4. The van der Waals surface area contributed by atoms with E-state index in [2.05, 4.69) is 33.9 Å². The average molecular weight is 519 g/mol. The number of aliphatic hydroxyl groups is 1. The maximum atomic E-state index is 11.6. The van der Waals surface area contributed by atoms with Crippen LogP contribution < -0.4 is 4.74 Å². The van der Waals surface area contributed by atoms with Gasteiger partial charge in [-0.25, -0.2) is 0 Å². The smallest absolute Gasteiger partial charge is 0.303 e. The van der Waals surface area contributed by atoms with E-state index in [1.165, 1.54) is 0 Å². The Morgan fingerprint density at radius 2 is 1.89 bits per heavy atom. The summed E-state index contributed by atoms with van der Waals surface area (Å²) >= 11 is 0. The van der Waals surface area contributed by atoms with Crippen molar-refractivity contribution in [3.05, 3.63) is 54.8 Å². The van der Waals surface area contributed by atoms with Crippen LogP contribution >= 0.6 is 0 Å². The van der Waals surface area contributed by atoms with Gasteiger partial charge in [0.05, 0.1) is 31.0 Å². The van der Waals surface area contributed by atoms with E-state index in [9.17, 15) is 15.0 Å². The first-order valence-corrected chi connectivity index (χ1v) is 15.8. The summed E-state index contributed by atoms with van der Waals surface area (Å²) < 4.78 is 24.6. The summed E-state index contributed by atoms with van der Waals surface area (Å²) in [4.78, 5) is 11.6. The van der Waals surface area contributed by atoms with Crippen LogP contribution in [0.1, 0.15) is 46.5 Å². The van der Waals surface area contributed by atoms with Crippen molar-refractivity contribution >= 4 is 14.3 Å². The van der Waals surface area contributed by atoms with E-state index >= 15 is 0 Å². The summed E-state index contributed by atoms with van der Waals surface area (Å²) in [6.45, 7) is 11.5. The van der Waals surface area contributed by atoms with E-state index in [0.29, 0.717) is 25.9 Å². The third kappa shape index (κ3) is 7.93. The lowest BCUT2D eigenvalue weighted by atomic mass is 9.86. The maximum absolute atomic E-state index is 11.6. The second-order valence-electron chi connectivity index (χ2n) is 11.3. The van der Waals surface area contributed by atoms with Crippen LogP contribution in [-0.4, -0.2) is 55.7 Å². The largest absolute Gasteiger partial charge is 0.491 e. The summed E-state index contributed by atoms with van der Waals surface area (Å²) in [5.41, 5.74) is 0. The monoisotopic (exact) mass is 518 g/mol. The SMILES string of the molecule is CC(C)(C)[Si](C)(C)O[C@H](CC[C@@H]1C(CC(=O)O)[C@@H](O)C[C@H]1O[C@@H]1C=CC=CO1)COc1ccccc1. The molecule has 2 aliphatic rings. The van der Waals surface area contributed by atoms with E-state index in [1.54, 1.807) is 12.3 Å². The molecule has 0 aromatic heterocycles. The normalized spacial score (nSPS) is 27.0. The molecular weight excluding hydrogens is 476 g/mol. The van der Waals surface area contributed by atoms with Gasteiger partial charge in [-0.2, -0.15) is 0 Å². The first-order chi connectivity index (χ1) is 17.0. The topological polar surface area (TPSA) is 94.5 Å². The second-order valence-corrected chi connectivity index (χ2v) is 16.1. The number of carboxylic acid groups (broad SMARTS) is 1. The second kappa shape index (κ2) is 12.4. The lowest BCUT2D eigenvalue weighted by Gasteiger charge is -2.39. The molecule has 1 aromatic rings. The third-order valence-corrected chi connectivity index (χ3v) is 12.2. The van der Waals surface area contributed by atoms with Crippen LogP contribution in [0.4, 0.5) is 0 Å². The van der Waals surface area contributed by atoms with Crippen LogP contribution in [0.2, 0.25) is 18.1 Å². The van der Waals surface area contributed by atoms with Gasteiger partial charge in [0.1, 0.15) is 12.4 Å². The zero-order valence-corrected chi connectivity index (χ0v) is 23.1. The van der Waals surface area contributed by atoms with Crippen molar-refractivity contribution in [3.63, 3.8) is 0 Å². The van der Waals surface area contributed by atoms with Crippen LogP contribution in [0.25, 0.3) is 0 Å². The average Bonchev–Trinajstić information content (AvgIpc) is 3.09. The van der Waals surface area contributed by atoms with Gasteiger partial charge in [-0.05, 0) is 61.2 Å². The lowest BCUT2D eigenvalue weighted by molar-refractivity contribution is -0.140. The maximum Gasteiger partial charge on any atom is 0.303 e. The Kier molecular flexibility index (Phi) is 9.80. The number of aliphatic hydroxyl groups excluding tert-OH is 1. The fourth-order valence-corrected chi connectivity index (χ4v) is 6.04. The molecule has 6 atom stereocenters. The fourth-order valence-electron chi connectivity index (χ4n) is 4.67. The van der Waals surface area contributed by atoms with Crippen LogP contribution in [0.3, 0.4) is 0 Å². The molecule has 0 radical (unpaired) electrons. The quantitative estimate of drug-likeness (QED) is 0.352. The molecule has 0 amide bonds. The Labute approximate surface area is 216 Å². The minimum Gasteiger partial charge on any atom is -0.491 e. The highest BCUT2D eigenvalue weighted by Crippen LogP contribution is 2.42. The predicted molar refractivity (Wildman–Crippen MR) is 141 cm³/mol. The number of aliphatic carboxylic acids is 1. The molecule has 0 spiro atoms. The highest BCUT2D eigenvalue weighted by molar-refractivity contribution is 6.74. The van der Waals surface area contributed by atoms with Crippen molar-refractivity contribution in [2.45, 2.75) is 89.2 Å². The number of hydrogen-bond acceptors (Lipinski definition) is 6. The van der Waals surface area contributed by atoms with Crippen molar-refractivity contribution in [2.24, 2.45) is 11.8 Å². The van der Waals surface area contributed by atoms with Gasteiger partial charge in [0.2, 0.25) is 6.29 Å². The number of hydrogen-bond donors (Lipinski definition) is 2. The number of carboxylic acids is 1. The molecule has 0 saturated heterocycles. The Morgan fingerprint density at radius 1 is 1.17 bits per heavy atom. The number of ether oxygens (including phenoxy) is 3. The number of benzene rings is 1. The van der Waals surface area contributed by atoms with Gasteiger partial charge in [0.15, 0.2) is 8.32 Å². The Balaban J connectivity index is 1.74. The van der Waals surface area contributed by atoms with Crippen molar-refractivity contribution in [1.29, 1.82) is 0 Å². The van der Waals surface area contributed by atoms with Gasteiger partial charge < -0.3 is 28.8 Å². The summed E-state index contributed by atoms with van der Waals surface area (Å²) in [5, 5.41) is 20.3. The summed E-state index contributed by atoms with van der Waals surface area (Å²) in [6, 6.07) is 9.68. The Morgan fingerprint density at radius 3 is 2.50 bits per heavy atom. The zero-order chi connectivity index (χ0) is 26.3. The Hall–Kier alpha value is -2.13. The molecule has 1 aliphatic carbocycles.